The third-order valence-electron chi connectivity index (χ3n) is 5.26. The van der Waals surface area contributed by atoms with Crippen LogP contribution in [0.15, 0.2) is 24.3 Å². The molecule has 3 atom stereocenters. The molecule has 10 heteroatoms. The summed E-state index contributed by atoms with van der Waals surface area (Å²) in [4.78, 5) is 14.5. The van der Waals surface area contributed by atoms with Crippen molar-refractivity contribution in [1.29, 1.82) is 0 Å². The first-order chi connectivity index (χ1) is 13.4. The maximum Gasteiger partial charge on any atom is 0.313 e. The number of carbonyl (C=O) groups excluding carboxylic acids is 1. The zero-order valence-electron chi connectivity index (χ0n) is 16.1. The van der Waals surface area contributed by atoms with Gasteiger partial charge < -0.3 is 9.64 Å². The Morgan fingerprint density at radius 2 is 1.93 bits per heavy atom. The molecule has 2 aliphatic rings. The summed E-state index contributed by atoms with van der Waals surface area (Å²) in [7, 11) is -3.72. The highest BCUT2D eigenvalue weighted by Gasteiger charge is 2.50. The Bertz CT molecular complexity index is 799. The van der Waals surface area contributed by atoms with Crippen molar-refractivity contribution >= 4 is 33.3 Å². The van der Waals surface area contributed by atoms with Gasteiger partial charge in [0, 0.05) is 42.9 Å². The number of rotatable bonds is 6. The van der Waals surface area contributed by atoms with E-state index < -0.39 is 27.3 Å². The van der Waals surface area contributed by atoms with Crippen molar-refractivity contribution in [1.82, 2.24) is 15.2 Å². The average Bonchev–Trinajstić information content (AvgIpc) is 3.13. The maximum atomic E-state index is 13.2. The standard InChI is InChI=1S/C18H27ClN4O4S/c1-3-15-16(18(24)27-4-2)17(21-20-15)28(25,26)23-10-8-22(9-11-23)14-7-5-6-13(19)12-14/h5-7,12,15-17,20-21H,3-4,8-11H2,1-2H3. The molecule has 0 bridgehead atoms. The summed E-state index contributed by atoms with van der Waals surface area (Å²) < 4.78 is 33.1. The van der Waals surface area contributed by atoms with Crippen LogP contribution in [0.25, 0.3) is 0 Å². The highest BCUT2D eigenvalue weighted by Crippen LogP contribution is 2.27. The molecular formula is C18H27ClN4O4S. The number of carbonyl (C=O) groups is 1. The van der Waals surface area contributed by atoms with E-state index in [2.05, 4.69) is 15.8 Å². The van der Waals surface area contributed by atoms with Crippen molar-refractivity contribution in [3.63, 3.8) is 0 Å². The number of esters is 1. The van der Waals surface area contributed by atoms with Crippen LogP contribution in [0.5, 0.6) is 0 Å². The van der Waals surface area contributed by atoms with Gasteiger partial charge in [-0.3, -0.25) is 10.2 Å². The number of halogens is 1. The Morgan fingerprint density at radius 3 is 2.54 bits per heavy atom. The van der Waals surface area contributed by atoms with Crippen molar-refractivity contribution in [3.05, 3.63) is 29.3 Å². The Balaban J connectivity index is 1.71. The molecule has 28 heavy (non-hydrogen) atoms. The molecule has 0 saturated carbocycles. The smallest absolute Gasteiger partial charge is 0.313 e. The summed E-state index contributed by atoms with van der Waals surface area (Å²) in [6.45, 7) is 5.65. The molecule has 156 valence electrons. The maximum absolute atomic E-state index is 13.2. The summed E-state index contributed by atoms with van der Waals surface area (Å²) in [5.41, 5.74) is 6.75. The number of hydrogen-bond acceptors (Lipinski definition) is 7. The van der Waals surface area contributed by atoms with Crippen LogP contribution in [0.4, 0.5) is 5.69 Å². The molecule has 2 heterocycles. The lowest BCUT2D eigenvalue weighted by Crippen LogP contribution is -2.55. The number of ether oxygens (including phenoxy) is 1. The molecule has 8 nitrogen and oxygen atoms in total. The summed E-state index contributed by atoms with van der Waals surface area (Å²) in [6, 6.07) is 7.23. The topological polar surface area (TPSA) is 91.0 Å². The Kier molecular flexibility index (Phi) is 6.82. The number of piperazine rings is 1. The molecule has 0 aromatic heterocycles. The highest BCUT2D eigenvalue weighted by atomic mass is 35.5. The van der Waals surface area contributed by atoms with E-state index in [1.807, 2.05) is 31.2 Å². The van der Waals surface area contributed by atoms with Gasteiger partial charge in [-0.2, -0.15) is 4.31 Å². The monoisotopic (exact) mass is 430 g/mol. The molecular weight excluding hydrogens is 404 g/mol. The first-order valence-electron chi connectivity index (χ1n) is 9.55. The van der Waals surface area contributed by atoms with Crippen LogP contribution in [-0.2, 0) is 19.6 Å². The predicted molar refractivity (Wildman–Crippen MR) is 108 cm³/mol. The van der Waals surface area contributed by atoms with Crippen molar-refractivity contribution in [2.24, 2.45) is 5.92 Å². The van der Waals surface area contributed by atoms with Gasteiger partial charge in [0.2, 0.25) is 10.0 Å². The van der Waals surface area contributed by atoms with Gasteiger partial charge in [0.1, 0.15) is 5.92 Å². The molecule has 0 radical (unpaired) electrons. The van der Waals surface area contributed by atoms with E-state index in [0.29, 0.717) is 37.6 Å². The second-order valence-electron chi connectivity index (χ2n) is 6.91. The number of sulfonamides is 1. The zero-order chi connectivity index (χ0) is 20.3. The number of anilines is 1. The third kappa shape index (κ3) is 4.28. The minimum absolute atomic E-state index is 0.219. The Labute approximate surface area is 171 Å². The Hall–Kier alpha value is -1.39. The fourth-order valence-corrected chi connectivity index (χ4v) is 5.82. The molecule has 3 unspecified atom stereocenters. The van der Waals surface area contributed by atoms with Gasteiger partial charge in [0.25, 0.3) is 0 Å². The number of benzene rings is 1. The molecule has 0 amide bonds. The molecule has 3 rings (SSSR count). The largest absolute Gasteiger partial charge is 0.466 e. The summed E-state index contributed by atoms with van der Waals surface area (Å²) >= 11 is 6.06. The minimum Gasteiger partial charge on any atom is -0.466 e. The summed E-state index contributed by atoms with van der Waals surface area (Å²) in [5, 5.41) is -0.383. The van der Waals surface area contributed by atoms with Gasteiger partial charge in [0.05, 0.1) is 6.61 Å². The molecule has 1 aromatic carbocycles. The van der Waals surface area contributed by atoms with Crippen LogP contribution in [0.2, 0.25) is 5.02 Å². The van der Waals surface area contributed by atoms with Gasteiger partial charge in [0.15, 0.2) is 5.37 Å². The summed E-state index contributed by atoms with van der Waals surface area (Å²) in [5.74, 6) is -1.26. The number of hydrazine groups is 1. The molecule has 2 fully saturated rings. The van der Waals surface area contributed by atoms with Gasteiger partial charge in [-0.25, -0.2) is 13.8 Å². The van der Waals surface area contributed by atoms with Crippen LogP contribution < -0.4 is 15.8 Å². The van der Waals surface area contributed by atoms with Gasteiger partial charge in [-0.1, -0.05) is 24.6 Å². The summed E-state index contributed by atoms with van der Waals surface area (Å²) in [6.07, 6.45) is 0.616. The number of nitrogens with one attached hydrogen (secondary N) is 2. The number of hydrogen-bond donors (Lipinski definition) is 2. The average molecular weight is 431 g/mol. The molecule has 0 aliphatic carbocycles. The van der Waals surface area contributed by atoms with Gasteiger partial charge in [-0.15, -0.1) is 0 Å². The van der Waals surface area contributed by atoms with Crippen molar-refractivity contribution in [2.75, 3.05) is 37.7 Å². The normalized spacial score (nSPS) is 26.4. The van der Waals surface area contributed by atoms with Crippen molar-refractivity contribution < 1.29 is 17.9 Å². The van der Waals surface area contributed by atoms with Crippen LogP contribution in [0, 0.1) is 5.92 Å². The lowest BCUT2D eigenvalue weighted by Gasteiger charge is -2.37. The number of nitrogens with zero attached hydrogens (tertiary/aromatic N) is 2. The fourth-order valence-electron chi connectivity index (χ4n) is 3.76. The second kappa shape index (κ2) is 8.96. The minimum atomic E-state index is -3.72. The second-order valence-corrected chi connectivity index (χ2v) is 9.40. The van der Waals surface area contributed by atoms with Crippen LogP contribution in [0.3, 0.4) is 0 Å². The van der Waals surface area contributed by atoms with E-state index in [1.54, 1.807) is 6.92 Å². The van der Waals surface area contributed by atoms with Crippen molar-refractivity contribution in [3.8, 4) is 0 Å². The zero-order valence-corrected chi connectivity index (χ0v) is 17.7. The van der Waals surface area contributed by atoms with E-state index in [9.17, 15) is 13.2 Å². The molecule has 2 saturated heterocycles. The van der Waals surface area contributed by atoms with Crippen LogP contribution in [-0.4, -0.2) is 62.9 Å². The van der Waals surface area contributed by atoms with Crippen molar-refractivity contribution in [2.45, 2.75) is 31.7 Å². The SMILES string of the molecule is CCOC(=O)C1C(CC)NNC1S(=O)(=O)N1CCN(c2cccc(Cl)c2)CC1. The highest BCUT2D eigenvalue weighted by molar-refractivity contribution is 7.89. The fraction of sp³-hybridized carbons (Fsp3) is 0.611. The van der Waals surface area contributed by atoms with Gasteiger partial charge >= 0.3 is 5.97 Å². The van der Waals surface area contributed by atoms with E-state index in [4.69, 9.17) is 16.3 Å². The molecule has 2 aliphatic heterocycles. The van der Waals surface area contributed by atoms with E-state index >= 15 is 0 Å². The van der Waals surface area contributed by atoms with Gasteiger partial charge in [-0.05, 0) is 31.5 Å². The third-order valence-corrected chi connectivity index (χ3v) is 7.63. The van der Waals surface area contributed by atoms with E-state index in [-0.39, 0.29) is 12.6 Å². The quantitative estimate of drug-likeness (QED) is 0.655. The molecule has 0 spiro atoms. The van der Waals surface area contributed by atoms with E-state index in [0.717, 1.165) is 5.69 Å². The van der Waals surface area contributed by atoms with Crippen LogP contribution >= 0.6 is 11.6 Å². The van der Waals surface area contributed by atoms with Crippen LogP contribution in [0.1, 0.15) is 20.3 Å². The van der Waals surface area contributed by atoms with E-state index in [1.165, 1.54) is 4.31 Å². The first kappa shape index (κ1) is 21.3. The first-order valence-corrected chi connectivity index (χ1v) is 11.4. The Morgan fingerprint density at radius 1 is 1.21 bits per heavy atom. The molecule has 2 N–H and O–H groups in total. The molecule has 1 aromatic rings. The predicted octanol–water partition coefficient (Wildman–Crippen LogP) is 1.18. The lowest BCUT2D eigenvalue weighted by atomic mass is 10.00. The lowest BCUT2D eigenvalue weighted by molar-refractivity contribution is -0.148.